The summed E-state index contributed by atoms with van der Waals surface area (Å²) in [5.74, 6) is -1.02. The van der Waals surface area contributed by atoms with Crippen LogP contribution in [0.5, 0.6) is 0 Å². The quantitative estimate of drug-likeness (QED) is 0.824. The van der Waals surface area contributed by atoms with Crippen molar-refractivity contribution in [1.29, 1.82) is 0 Å². The lowest BCUT2D eigenvalue weighted by Gasteiger charge is -2.42. The number of aliphatic carboxylic acids is 1. The first-order chi connectivity index (χ1) is 11.4. The predicted octanol–water partition coefficient (Wildman–Crippen LogP) is 2.74. The minimum absolute atomic E-state index is 0.0560. The Bertz CT molecular complexity index is 589. The van der Waals surface area contributed by atoms with E-state index in [4.69, 9.17) is 11.6 Å². The van der Waals surface area contributed by atoms with Crippen molar-refractivity contribution in [3.8, 4) is 0 Å². The summed E-state index contributed by atoms with van der Waals surface area (Å²) in [5, 5.41) is 20.5. The Balaban J connectivity index is 1.93. The number of aryl methyl sites for hydroxylation is 1. The topological polar surface area (TPSA) is 77.8 Å². The first-order valence-corrected chi connectivity index (χ1v) is 8.70. The summed E-state index contributed by atoms with van der Waals surface area (Å²) in [4.78, 5) is 25.6. The Morgan fingerprint density at radius 2 is 2.00 bits per heavy atom. The zero-order valence-corrected chi connectivity index (χ0v) is 14.6. The van der Waals surface area contributed by atoms with Crippen molar-refractivity contribution in [1.82, 2.24) is 4.90 Å². The van der Waals surface area contributed by atoms with E-state index < -0.39 is 17.5 Å². The molecule has 1 aromatic rings. The van der Waals surface area contributed by atoms with E-state index in [1.807, 2.05) is 19.1 Å². The number of carboxylic acid groups (broad SMARTS) is 1. The molecule has 1 aromatic carbocycles. The van der Waals surface area contributed by atoms with Crippen molar-refractivity contribution < 1.29 is 19.8 Å². The van der Waals surface area contributed by atoms with Gasteiger partial charge in [-0.15, -0.1) is 0 Å². The van der Waals surface area contributed by atoms with Gasteiger partial charge in [0, 0.05) is 24.5 Å². The normalized spacial score (nSPS) is 24.0. The van der Waals surface area contributed by atoms with Crippen molar-refractivity contribution in [2.24, 2.45) is 5.41 Å². The molecule has 0 radical (unpaired) electrons. The Morgan fingerprint density at radius 3 is 2.54 bits per heavy atom. The van der Waals surface area contributed by atoms with Gasteiger partial charge in [-0.2, -0.15) is 0 Å². The zero-order chi connectivity index (χ0) is 17.7. The first kappa shape index (κ1) is 18.7. The molecule has 0 aliphatic carbocycles. The highest BCUT2D eigenvalue weighted by Gasteiger charge is 2.48. The van der Waals surface area contributed by atoms with Gasteiger partial charge in [-0.05, 0) is 37.0 Å². The molecule has 1 amide bonds. The van der Waals surface area contributed by atoms with Crippen molar-refractivity contribution >= 4 is 23.5 Å². The molecule has 0 spiro atoms. The molecule has 24 heavy (non-hydrogen) atoms. The fraction of sp³-hybridized carbons (Fsp3) is 0.556. The second-order valence-electron chi connectivity index (χ2n) is 6.44. The maximum Gasteiger partial charge on any atom is 0.312 e. The Hall–Kier alpha value is -1.59. The molecule has 132 valence electrons. The van der Waals surface area contributed by atoms with E-state index in [1.54, 1.807) is 17.0 Å². The van der Waals surface area contributed by atoms with Gasteiger partial charge in [0.2, 0.25) is 5.91 Å². The molecule has 1 saturated heterocycles. The van der Waals surface area contributed by atoms with Gasteiger partial charge in [0.05, 0.1) is 11.5 Å². The summed E-state index contributed by atoms with van der Waals surface area (Å²) in [7, 11) is 0. The van der Waals surface area contributed by atoms with Crippen LogP contribution in [0.15, 0.2) is 24.3 Å². The molecular weight excluding hydrogens is 330 g/mol. The number of rotatable bonds is 6. The number of benzene rings is 1. The lowest BCUT2D eigenvalue weighted by atomic mass is 9.72. The number of carbonyl (C=O) groups is 2. The first-order valence-electron chi connectivity index (χ1n) is 8.32. The number of β-amino-alcohol motifs (C(OH)–C–C–N with tert-alkyl or cyclic N) is 1. The van der Waals surface area contributed by atoms with Gasteiger partial charge in [0.1, 0.15) is 0 Å². The van der Waals surface area contributed by atoms with Gasteiger partial charge in [-0.25, -0.2) is 0 Å². The van der Waals surface area contributed by atoms with Crippen molar-refractivity contribution in [3.05, 3.63) is 34.9 Å². The third-order valence-corrected chi connectivity index (χ3v) is 5.13. The Morgan fingerprint density at radius 1 is 1.33 bits per heavy atom. The molecule has 2 rings (SSSR count). The van der Waals surface area contributed by atoms with Gasteiger partial charge in [-0.3, -0.25) is 9.59 Å². The maximum absolute atomic E-state index is 12.4. The van der Waals surface area contributed by atoms with E-state index in [0.29, 0.717) is 43.7 Å². The molecule has 1 fully saturated rings. The molecule has 1 heterocycles. The largest absolute Gasteiger partial charge is 0.481 e. The number of carboxylic acids is 1. The molecule has 1 aliphatic rings. The third kappa shape index (κ3) is 4.08. The molecule has 1 aliphatic heterocycles. The summed E-state index contributed by atoms with van der Waals surface area (Å²) < 4.78 is 0. The monoisotopic (exact) mass is 353 g/mol. The number of aliphatic hydroxyl groups excluding tert-OH is 1. The van der Waals surface area contributed by atoms with Crippen molar-refractivity contribution in [2.45, 2.75) is 45.1 Å². The third-order valence-electron chi connectivity index (χ3n) is 4.87. The second-order valence-corrected chi connectivity index (χ2v) is 6.88. The van der Waals surface area contributed by atoms with Gasteiger partial charge >= 0.3 is 5.97 Å². The fourth-order valence-corrected chi connectivity index (χ4v) is 3.48. The number of hydrogen-bond acceptors (Lipinski definition) is 3. The van der Waals surface area contributed by atoms with E-state index in [1.165, 1.54) is 0 Å². The number of piperidine rings is 1. The molecule has 0 bridgehead atoms. The van der Waals surface area contributed by atoms with Crippen LogP contribution in [-0.4, -0.2) is 46.2 Å². The van der Waals surface area contributed by atoms with E-state index in [9.17, 15) is 19.8 Å². The number of nitrogens with zero attached hydrogens (tertiary/aromatic N) is 1. The Kier molecular flexibility index (Phi) is 6.24. The predicted molar refractivity (Wildman–Crippen MR) is 92.0 cm³/mol. The number of likely N-dealkylation sites (tertiary alicyclic amines) is 1. The minimum atomic E-state index is -1.12. The maximum atomic E-state index is 12.4. The average Bonchev–Trinajstić information content (AvgIpc) is 2.55. The minimum Gasteiger partial charge on any atom is -0.481 e. The number of aliphatic hydroxyl groups is 1. The van der Waals surface area contributed by atoms with Crippen LogP contribution < -0.4 is 0 Å². The summed E-state index contributed by atoms with van der Waals surface area (Å²) >= 11 is 5.84. The van der Waals surface area contributed by atoms with Crippen LogP contribution in [0.3, 0.4) is 0 Å². The molecule has 6 heteroatoms. The summed E-state index contributed by atoms with van der Waals surface area (Å²) in [6, 6.07) is 7.35. The second kappa shape index (κ2) is 7.99. The van der Waals surface area contributed by atoms with Crippen LogP contribution in [0.25, 0.3) is 0 Å². The lowest BCUT2D eigenvalue weighted by Crippen LogP contribution is -2.56. The fourth-order valence-electron chi connectivity index (χ4n) is 3.36. The molecular formula is C18H24ClNO4. The SMILES string of the molecule is CCC[C@]1(C(=O)O)CCN(C(=O)CCc2ccc(Cl)cc2)C[C@H]1O. The standard InChI is InChI=1S/C18H24ClNO4/c1-2-9-18(17(23)24)10-11-20(12-15(18)21)16(22)8-5-13-3-6-14(19)7-4-13/h3-4,6-7,15,21H,2,5,8-12H2,1H3,(H,23,24)/t15-,18+/m1/s1. The van der Waals surface area contributed by atoms with Gasteiger partial charge in [0.15, 0.2) is 0 Å². The van der Waals surface area contributed by atoms with E-state index in [2.05, 4.69) is 0 Å². The molecule has 5 nitrogen and oxygen atoms in total. The zero-order valence-electron chi connectivity index (χ0n) is 13.9. The van der Waals surface area contributed by atoms with Crippen LogP contribution in [-0.2, 0) is 16.0 Å². The van der Waals surface area contributed by atoms with Crippen LogP contribution in [0, 0.1) is 5.41 Å². The van der Waals surface area contributed by atoms with Crippen molar-refractivity contribution in [3.63, 3.8) is 0 Å². The van der Waals surface area contributed by atoms with Gasteiger partial charge < -0.3 is 15.1 Å². The van der Waals surface area contributed by atoms with Crippen LogP contribution in [0.4, 0.5) is 0 Å². The number of hydrogen-bond donors (Lipinski definition) is 2. The summed E-state index contributed by atoms with van der Waals surface area (Å²) in [5.41, 5.74) is -0.0991. The summed E-state index contributed by atoms with van der Waals surface area (Å²) in [6.07, 6.45) is 1.32. The van der Waals surface area contributed by atoms with E-state index in [0.717, 1.165) is 5.56 Å². The highest BCUT2D eigenvalue weighted by molar-refractivity contribution is 6.30. The number of amides is 1. The molecule has 0 saturated carbocycles. The lowest BCUT2D eigenvalue weighted by molar-refractivity contribution is -0.167. The van der Waals surface area contributed by atoms with E-state index in [-0.39, 0.29) is 12.5 Å². The highest BCUT2D eigenvalue weighted by Crippen LogP contribution is 2.37. The number of carbonyl (C=O) groups excluding carboxylic acids is 1. The number of halogens is 1. The van der Waals surface area contributed by atoms with E-state index >= 15 is 0 Å². The van der Waals surface area contributed by atoms with Crippen LogP contribution >= 0.6 is 11.6 Å². The molecule has 0 unspecified atom stereocenters. The highest BCUT2D eigenvalue weighted by atomic mass is 35.5. The van der Waals surface area contributed by atoms with Gasteiger partial charge in [0.25, 0.3) is 0 Å². The Labute approximate surface area is 147 Å². The molecule has 0 aromatic heterocycles. The van der Waals surface area contributed by atoms with Gasteiger partial charge in [-0.1, -0.05) is 37.1 Å². The summed E-state index contributed by atoms with van der Waals surface area (Å²) in [6.45, 7) is 2.37. The average molecular weight is 354 g/mol. The smallest absolute Gasteiger partial charge is 0.312 e. The van der Waals surface area contributed by atoms with Crippen molar-refractivity contribution in [2.75, 3.05) is 13.1 Å². The molecule has 2 N–H and O–H groups in total. The molecule has 2 atom stereocenters. The van der Waals surface area contributed by atoms with Crippen LogP contribution in [0.1, 0.15) is 38.2 Å². The van der Waals surface area contributed by atoms with Crippen LogP contribution in [0.2, 0.25) is 5.02 Å².